The quantitative estimate of drug-likeness (QED) is 0.934. The molecule has 3 rings (SSSR count). The van der Waals surface area contributed by atoms with Crippen molar-refractivity contribution in [1.82, 2.24) is 15.1 Å². The Kier molecular flexibility index (Phi) is 3.69. The number of aromatic nitrogens is 2. The molecular formula is C15H18FN3O. The molecule has 0 atom stereocenters. The van der Waals surface area contributed by atoms with Crippen LogP contribution in [-0.2, 0) is 7.05 Å². The summed E-state index contributed by atoms with van der Waals surface area (Å²) in [4.78, 5) is 0. The summed E-state index contributed by atoms with van der Waals surface area (Å²) in [7, 11) is 1.84. The minimum Gasteiger partial charge on any atom is -0.490 e. The molecule has 0 amide bonds. The van der Waals surface area contributed by atoms with Crippen molar-refractivity contribution in [2.75, 3.05) is 13.1 Å². The van der Waals surface area contributed by atoms with Crippen molar-refractivity contribution in [3.05, 3.63) is 36.4 Å². The van der Waals surface area contributed by atoms with Gasteiger partial charge in [-0.15, -0.1) is 0 Å². The highest BCUT2D eigenvalue weighted by molar-refractivity contribution is 5.69. The zero-order valence-electron chi connectivity index (χ0n) is 11.5. The highest BCUT2D eigenvalue weighted by Crippen LogP contribution is 2.32. The van der Waals surface area contributed by atoms with E-state index in [0.717, 1.165) is 42.8 Å². The van der Waals surface area contributed by atoms with Crippen LogP contribution >= 0.6 is 0 Å². The van der Waals surface area contributed by atoms with E-state index in [-0.39, 0.29) is 11.9 Å². The van der Waals surface area contributed by atoms with E-state index in [1.165, 1.54) is 12.1 Å². The maximum absolute atomic E-state index is 13.5. The van der Waals surface area contributed by atoms with Crippen LogP contribution in [0.5, 0.6) is 5.75 Å². The molecule has 2 heterocycles. The Morgan fingerprint density at radius 3 is 2.85 bits per heavy atom. The molecule has 1 fully saturated rings. The number of halogens is 1. The standard InChI is InChI=1S/C15H18FN3O/c1-19-10-11(9-18-19)14-8-12(16)2-3-15(14)20-13-4-6-17-7-5-13/h2-3,8-10,13,17H,4-7H2,1H3. The maximum atomic E-state index is 13.5. The van der Waals surface area contributed by atoms with E-state index in [1.54, 1.807) is 16.9 Å². The van der Waals surface area contributed by atoms with E-state index in [4.69, 9.17) is 4.74 Å². The van der Waals surface area contributed by atoms with Gasteiger partial charge in [-0.25, -0.2) is 4.39 Å². The first-order valence-electron chi connectivity index (χ1n) is 6.88. The van der Waals surface area contributed by atoms with Gasteiger partial charge in [0.2, 0.25) is 0 Å². The van der Waals surface area contributed by atoms with Crippen molar-refractivity contribution in [2.45, 2.75) is 18.9 Å². The van der Waals surface area contributed by atoms with E-state index in [0.29, 0.717) is 0 Å². The molecule has 1 aliphatic heterocycles. The lowest BCUT2D eigenvalue weighted by Crippen LogP contribution is -2.34. The molecule has 20 heavy (non-hydrogen) atoms. The van der Waals surface area contributed by atoms with Gasteiger partial charge in [-0.3, -0.25) is 4.68 Å². The molecule has 1 saturated heterocycles. The smallest absolute Gasteiger partial charge is 0.127 e. The number of hydrogen-bond donors (Lipinski definition) is 1. The summed E-state index contributed by atoms with van der Waals surface area (Å²) in [6, 6.07) is 4.66. The Labute approximate surface area is 117 Å². The molecule has 106 valence electrons. The summed E-state index contributed by atoms with van der Waals surface area (Å²) in [5.41, 5.74) is 1.63. The third-order valence-corrected chi connectivity index (χ3v) is 3.54. The Morgan fingerprint density at radius 1 is 1.35 bits per heavy atom. The number of hydrogen-bond acceptors (Lipinski definition) is 3. The van der Waals surface area contributed by atoms with Gasteiger partial charge in [-0.2, -0.15) is 5.10 Å². The topological polar surface area (TPSA) is 39.1 Å². The fourth-order valence-electron chi connectivity index (χ4n) is 2.48. The lowest BCUT2D eigenvalue weighted by atomic mass is 10.1. The second-order valence-corrected chi connectivity index (χ2v) is 5.11. The monoisotopic (exact) mass is 275 g/mol. The van der Waals surface area contributed by atoms with Gasteiger partial charge in [-0.05, 0) is 44.1 Å². The average Bonchev–Trinajstić information content (AvgIpc) is 2.88. The molecule has 1 aromatic heterocycles. The molecule has 2 aromatic rings. The van der Waals surface area contributed by atoms with E-state index >= 15 is 0 Å². The Hall–Kier alpha value is -1.88. The van der Waals surface area contributed by atoms with Gasteiger partial charge < -0.3 is 10.1 Å². The Balaban J connectivity index is 1.89. The highest BCUT2D eigenvalue weighted by Gasteiger charge is 2.17. The first-order valence-corrected chi connectivity index (χ1v) is 6.88. The first-order chi connectivity index (χ1) is 9.72. The summed E-state index contributed by atoms with van der Waals surface area (Å²) in [6.07, 6.45) is 5.74. The molecule has 1 aliphatic rings. The lowest BCUT2D eigenvalue weighted by Gasteiger charge is -2.25. The van der Waals surface area contributed by atoms with Gasteiger partial charge in [0.05, 0.1) is 6.20 Å². The zero-order valence-corrected chi connectivity index (χ0v) is 11.5. The number of rotatable bonds is 3. The number of nitrogens with one attached hydrogen (secondary N) is 1. The molecular weight excluding hydrogens is 257 g/mol. The van der Waals surface area contributed by atoms with E-state index < -0.39 is 0 Å². The number of benzene rings is 1. The molecule has 0 saturated carbocycles. The average molecular weight is 275 g/mol. The molecule has 0 bridgehead atoms. The van der Waals surface area contributed by atoms with E-state index in [2.05, 4.69) is 10.4 Å². The van der Waals surface area contributed by atoms with Crippen LogP contribution in [0, 0.1) is 5.82 Å². The molecule has 0 unspecified atom stereocenters. The van der Waals surface area contributed by atoms with E-state index in [1.807, 2.05) is 13.2 Å². The number of nitrogens with zero attached hydrogens (tertiary/aromatic N) is 2. The van der Waals surface area contributed by atoms with Crippen LogP contribution in [0.4, 0.5) is 4.39 Å². The van der Waals surface area contributed by atoms with Gasteiger partial charge in [-0.1, -0.05) is 0 Å². The first kappa shape index (κ1) is 13.1. The summed E-state index contributed by atoms with van der Waals surface area (Å²) in [5.74, 6) is 0.466. The fourth-order valence-corrected chi connectivity index (χ4v) is 2.48. The molecule has 0 spiro atoms. The van der Waals surface area contributed by atoms with Crippen molar-refractivity contribution in [3.63, 3.8) is 0 Å². The Bertz CT molecular complexity index is 591. The predicted octanol–water partition coefficient (Wildman–Crippen LogP) is 2.36. The van der Waals surface area contributed by atoms with Crippen LogP contribution in [0.25, 0.3) is 11.1 Å². The maximum Gasteiger partial charge on any atom is 0.127 e. The fraction of sp³-hybridized carbons (Fsp3) is 0.400. The molecule has 1 aromatic carbocycles. The molecule has 0 aliphatic carbocycles. The van der Waals surface area contributed by atoms with Crippen molar-refractivity contribution >= 4 is 0 Å². The van der Waals surface area contributed by atoms with Crippen LogP contribution in [0.2, 0.25) is 0 Å². The lowest BCUT2D eigenvalue weighted by molar-refractivity contribution is 0.163. The normalized spacial score (nSPS) is 16.3. The van der Waals surface area contributed by atoms with Gasteiger partial charge in [0.1, 0.15) is 17.7 Å². The molecule has 1 N–H and O–H groups in total. The third-order valence-electron chi connectivity index (χ3n) is 3.54. The van der Waals surface area contributed by atoms with Crippen molar-refractivity contribution in [3.8, 4) is 16.9 Å². The Morgan fingerprint density at radius 2 is 2.15 bits per heavy atom. The van der Waals surface area contributed by atoms with Crippen molar-refractivity contribution < 1.29 is 9.13 Å². The van der Waals surface area contributed by atoms with Gasteiger partial charge in [0.15, 0.2) is 0 Å². The summed E-state index contributed by atoms with van der Waals surface area (Å²) < 4.78 is 21.3. The summed E-state index contributed by atoms with van der Waals surface area (Å²) >= 11 is 0. The largest absolute Gasteiger partial charge is 0.490 e. The van der Waals surface area contributed by atoms with Crippen molar-refractivity contribution in [1.29, 1.82) is 0 Å². The van der Waals surface area contributed by atoms with Gasteiger partial charge >= 0.3 is 0 Å². The van der Waals surface area contributed by atoms with Crippen LogP contribution in [0.3, 0.4) is 0 Å². The number of aryl methyl sites for hydroxylation is 1. The minimum absolute atomic E-state index is 0.192. The summed E-state index contributed by atoms with van der Waals surface area (Å²) in [5, 5.41) is 7.45. The second kappa shape index (κ2) is 5.63. The van der Waals surface area contributed by atoms with Crippen LogP contribution < -0.4 is 10.1 Å². The zero-order chi connectivity index (χ0) is 13.9. The van der Waals surface area contributed by atoms with Crippen LogP contribution in [0.15, 0.2) is 30.6 Å². The van der Waals surface area contributed by atoms with Crippen LogP contribution in [0.1, 0.15) is 12.8 Å². The van der Waals surface area contributed by atoms with Crippen LogP contribution in [-0.4, -0.2) is 29.0 Å². The highest BCUT2D eigenvalue weighted by atomic mass is 19.1. The third kappa shape index (κ3) is 2.82. The van der Waals surface area contributed by atoms with Gasteiger partial charge in [0.25, 0.3) is 0 Å². The van der Waals surface area contributed by atoms with Gasteiger partial charge in [0, 0.05) is 24.4 Å². The van der Waals surface area contributed by atoms with Crippen molar-refractivity contribution in [2.24, 2.45) is 7.05 Å². The second-order valence-electron chi connectivity index (χ2n) is 5.11. The van der Waals surface area contributed by atoms with E-state index in [9.17, 15) is 4.39 Å². The molecule has 0 radical (unpaired) electrons. The number of piperidine rings is 1. The SMILES string of the molecule is Cn1cc(-c2cc(F)ccc2OC2CCNCC2)cn1. The molecule has 4 nitrogen and oxygen atoms in total. The minimum atomic E-state index is -0.262. The summed E-state index contributed by atoms with van der Waals surface area (Å²) in [6.45, 7) is 1.93. The predicted molar refractivity (Wildman–Crippen MR) is 75.1 cm³/mol. The number of ether oxygens (including phenoxy) is 1. The molecule has 5 heteroatoms.